The molecule has 0 radical (unpaired) electrons. The van der Waals surface area contributed by atoms with Crippen molar-refractivity contribution >= 4 is 5.88 Å². The van der Waals surface area contributed by atoms with Crippen LogP contribution < -0.4 is 4.90 Å². The zero-order chi connectivity index (χ0) is 19.0. The van der Waals surface area contributed by atoms with Crippen LogP contribution in [0.3, 0.4) is 0 Å². The highest BCUT2D eigenvalue weighted by atomic mass is 16.5. The van der Waals surface area contributed by atoms with E-state index in [-0.39, 0.29) is 0 Å². The summed E-state index contributed by atoms with van der Waals surface area (Å²) in [7, 11) is 0. The summed E-state index contributed by atoms with van der Waals surface area (Å²) >= 11 is 0. The van der Waals surface area contributed by atoms with Gasteiger partial charge in [0.1, 0.15) is 5.69 Å². The number of rotatable bonds is 8. The molecule has 0 amide bonds. The van der Waals surface area contributed by atoms with Crippen molar-refractivity contribution < 1.29 is 9.26 Å². The summed E-state index contributed by atoms with van der Waals surface area (Å²) in [6, 6.07) is 22.7. The molecule has 5 heteroatoms. The fourth-order valence-electron chi connectivity index (χ4n) is 3.54. The Kier molecular flexibility index (Phi) is 6.37. The lowest BCUT2D eigenvalue weighted by Crippen LogP contribution is -2.38. The van der Waals surface area contributed by atoms with Crippen LogP contribution in [-0.4, -0.2) is 49.4 Å². The zero-order valence-corrected chi connectivity index (χ0v) is 16.2. The van der Waals surface area contributed by atoms with E-state index in [4.69, 9.17) is 9.26 Å². The Hall–Kier alpha value is -2.63. The van der Waals surface area contributed by atoms with Gasteiger partial charge in [0.2, 0.25) is 5.88 Å². The van der Waals surface area contributed by atoms with Crippen LogP contribution in [0.25, 0.3) is 11.3 Å². The molecule has 3 aromatic rings. The molecule has 146 valence electrons. The van der Waals surface area contributed by atoms with Gasteiger partial charge in [0.05, 0.1) is 13.2 Å². The zero-order valence-electron chi connectivity index (χ0n) is 16.2. The maximum absolute atomic E-state index is 5.74. The van der Waals surface area contributed by atoms with Gasteiger partial charge in [-0.15, -0.1) is 0 Å². The largest absolute Gasteiger partial charge is 0.379 e. The van der Waals surface area contributed by atoms with E-state index < -0.39 is 0 Å². The second kappa shape index (κ2) is 9.53. The van der Waals surface area contributed by atoms with E-state index in [1.54, 1.807) is 0 Å². The third kappa shape index (κ3) is 5.00. The summed E-state index contributed by atoms with van der Waals surface area (Å²) in [4.78, 5) is 4.76. The van der Waals surface area contributed by atoms with Crippen molar-refractivity contribution in [3.63, 3.8) is 0 Å². The third-order valence-corrected chi connectivity index (χ3v) is 5.10. The van der Waals surface area contributed by atoms with Crippen molar-refractivity contribution in [3.05, 3.63) is 72.3 Å². The van der Waals surface area contributed by atoms with Crippen LogP contribution >= 0.6 is 0 Å². The predicted molar refractivity (Wildman–Crippen MR) is 111 cm³/mol. The summed E-state index contributed by atoms with van der Waals surface area (Å²) in [5.41, 5.74) is 3.22. The molecule has 0 N–H and O–H groups in total. The second-order valence-electron chi connectivity index (χ2n) is 7.13. The lowest BCUT2D eigenvalue weighted by atomic mass is 10.1. The van der Waals surface area contributed by atoms with Gasteiger partial charge in [0.15, 0.2) is 0 Å². The van der Waals surface area contributed by atoms with Crippen LogP contribution in [0.1, 0.15) is 12.0 Å². The molecule has 0 aliphatic carbocycles. The van der Waals surface area contributed by atoms with E-state index in [1.807, 2.05) is 30.3 Å². The van der Waals surface area contributed by atoms with E-state index in [1.165, 1.54) is 5.56 Å². The van der Waals surface area contributed by atoms with Crippen molar-refractivity contribution in [1.29, 1.82) is 0 Å². The summed E-state index contributed by atoms with van der Waals surface area (Å²) < 4.78 is 11.2. The van der Waals surface area contributed by atoms with E-state index >= 15 is 0 Å². The Balaban J connectivity index is 1.45. The summed E-state index contributed by atoms with van der Waals surface area (Å²) in [5.74, 6) is 0.824. The van der Waals surface area contributed by atoms with Gasteiger partial charge in [-0.3, -0.25) is 4.90 Å². The minimum absolute atomic E-state index is 0.813. The molecule has 0 saturated carbocycles. The summed E-state index contributed by atoms with van der Waals surface area (Å²) in [5, 5.41) is 4.30. The van der Waals surface area contributed by atoms with Gasteiger partial charge in [-0.1, -0.05) is 65.8 Å². The summed E-state index contributed by atoms with van der Waals surface area (Å²) in [6.07, 6.45) is 1.08. The monoisotopic (exact) mass is 377 g/mol. The molecule has 0 atom stereocenters. The normalized spacial score (nSPS) is 14.9. The lowest BCUT2D eigenvalue weighted by molar-refractivity contribution is 0.0376. The molecule has 1 saturated heterocycles. The third-order valence-electron chi connectivity index (χ3n) is 5.10. The second-order valence-corrected chi connectivity index (χ2v) is 7.13. The van der Waals surface area contributed by atoms with Crippen molar-refractivity contribution in [1.82, 2.24) is 10.1 Å². The molecule has 2 aromatic carbocycles. The fourth-order valence-corrected chi connectivity index (χ4v) is 3.54. The topological polar surface area (TPSA) is 41.7 Å². The van der Waals surface area contributed by atoms with Crippen molar-refractivity contribution in [2.75, 3.05) is 44.3 Å². The standard InChI is InChI=1S/C23H27N3O2/c1-3-8-20(9-4-1)19-26(13-7-12-25-14-16-27-17-15-25)23-18-22(24-28-23)21-10-5-2-6-11-21/h1-6,8-11,18H,7,12-17,19H2. The molecule has 28 heavy (non-hydrogen) atoms. The van der Waals surface area contributed by atoms with Gasteiger partial charge < -0.3 is 14.2 Å². The van der Waals surface area contributed by atoms with Crippen LogP contribution in [0.2, 0.25) is 0 Å². The molecule has 0 unspecified atom stereocenters. The first kappa shape index (κ1) is 18.7. The van der Waals surface area contributed by atoms with Crippen LogP contribution in [-0.2, 0) is 11.3 Å². The Morgan fingerprint density at radius 3 is 2.39 bits per heavy atom. The molecule has 0 spiro atoms. The quantitative estimate of drug-likeness (QED) is 0.592. The van der Waals surface area contributed by atoms with Crippen molar-refractivity contribution in [2.45, 2.75) is 13.0 Å². The first-order chi connectivity index (χ1) is 13.9. The molecule has 0 bridgehead atoms. The lowest BCUT2D eigenvalue weighted by Gasteiger charge is -2.28. The molecule has 4 rings (SSSR count). The first-order valence-electron chi connectivity index (χ1n) is 9.99. The highest BCUT2D eigenvalue weighted by Crippen LogP contribution is 2.25. The fraction of sp³-hybridized carbons (Fsp3) is 0.348. The number of anilines is 1. The highest BCUT2D eigenvalue weighted by Gasteiger charge is 2.16. The van der Waals surface area contributed by atoms with Gasteiger partial charge in [0, 0.05) is 44.4 Å². The van der Waals surface area contributed by atoms with E-state index in [2.05, 4.69) is 51.4 Å². The van der Waals surface area contributed by atoms with Crippen molar-refractivity contribution in [3.8, 4) is 11.3 Å². The van der Waals surface area contributed by atoms with Gasteiger partial charge in [-0.25, -0.2) is 0 Å². The van der Waals surface area contributed by atoms with E-state index in [0.717, 1.165) is 69.5 Å². The van der Waals surface area contributed by atoms with Gasteiger partial charge in [-0.2, -0.15) is 0 Å². The van der Waals surface area contributed by atoms with Crippen LogP contribution in [0.5, 0.6) is 0 Å². The Morgan fingerprint density at radius 1 is 0.929 bits per heavy atom. The Bertz CT molecular complexity index is 829. The minimum atomic E-state index is 0.813. The minimum Gasteiger partial charge on any atom is -0.379 e. The van der Waals surface area contributed by atoms with E-state index in [0.29, 0.717) is 0 Å². The number of benzene rings is 2. The number of aromatic nitrogens is 1. The van der Waals surface area contributed by atoms with E-state index in [9.17, 15) is 0 Å². The smallest absolute Gasteiger partial charge is 0.228 e. The molecular formula is C23H27N3O2. The first-order valence-corrected chi connectivity index (χ1v) is 9.99. The summed E-state index contributed by atoms with van der Waals surface area (Å²) in [6.45, 7) is 6.56. The van der Waals surface area contributed by atoms with Gasteiger partial charge >= 0.3 is 0 Å². The number of hydrogen-bond acceptors (Lipinski definition) is 5. The predicted octanol–water partition coefficient (Wildman–Crippen LogP) is 4.07. The molecule has 1 fully saturated rings. The highest BCUT2D eigenvalue weighted by molar-refractivity contribution is 5.61. The van der Waals surface area contributed by atoms with Crippen LogP contribution in [0, 0.1) is 0 Å². The SMILES string of the molecule is c1ccc(CN(CCCN2CCOCC2)c2cc(-c3ccccc3)no2)cc1. The number of nitrogens with zero attached hydrogens (tertiary/aromatic N) is 3. The van der Waals surface area contributed by atoms with Gasteiger partial charge in [-0.05, 0) is 12.0 Å². The average molecular weight is 377 g/mol. The maximum Gasteiger partial charge on any atom is 0.228 e. The molecule has 1 aromatic heterocycles. The van der Waals surface area contributed by atoms with Crippen LogP contribution in [0.4, 0.5) is 5.88 Å². The molecule has 5 nitrogen and oxygen atoms in total. The van der Waals surface area contributed by atoms with Gasteiger partial charge in [0.25, 0.3) is 0 Å². The van der Waals surface area contributed by atoms with Crippen molar-refractivity contribution in [2.24, 2.45) is 0 Å². The Morgan fingerprint density at radius 2 is 1.64 bits per heavy atom. The number of hydrogen-bond donors (Lipinski definition) is 0. The molecular weight excluding hydrogens is 350 g/mol. The Labute approximate surface area is 166 Å². The van der Waals surface area contributed by atoms with Crippen LogP contribution in [0.15, 0.2) is 71.3 Å². The number of morpholine rings is 1. The molecule has 2 heterocycles. The molecule has 1 aliphatic heterocycles. The molecule has 1 aliphatic rings. The number of ether oxygens (including phenoxy) is 1. The average Bonchev–Trinajstić information content (AvgIpc) is 3.25. The maximum atomic E-state index is 5.74.